The first-order chi connectivity index (χ1) is 8.79. The Labute approximate surface area is 114 Å². The summed E-state index contributed by atoms with van der Waals surface area (Å²) in [7, 11) is 0. The van der Waals surface area contributed by atoms with Crippen LogP contribution in [0.4, 0.5) is 0 Å². The molecule has 1 aliphatic carbocycles. The van der Waals surface area contributed by atoms with Crippen molar-refractivity contribution in [1.82, 2.24) is 4.90 Å². The Hall–Kier alpha value is -0.0400. The molecule has 0 N–H and O–H groups in total. The quantitative estimate of drug-likeness (QED) is 0.683. The van der Waals surface area contributed by atoms with Crippen molar-refractivity contribution >= 4 is 0 Å². The van der Waals surface area contributed by atoms with E-state index in [-0.39, 0.29) is 0 Å². The van der Waals surface area contributed by atoms with Crippen LogP contribution in [-0.4, -0.2) is 24.5 Å². The van der Waals surface area contributed by atoms with Crippen LogP contribution >= 0.6 is 0 Å². The van der Waals surface area contributed by atoms with Gasteiger partial charge >= 0.3 is 0 Å². The maximum absolute atomic E-state index is 2.80. The predicted octanol–water partition coefficient (Wildman–Crippen LogP) is 4.71. The van der Waals surface area contributed by atoms with Gasteiger partial charge in [0.25, 0.3) is 0 Å². The molecule has 2 fully saturated rings. The number of likely N-dealkylation sites (tertiary alicyclic amines) is 1. The normalized spacial score (nSPS) is 34.7. The van der Waals surface area contributed by atoms with Crippen LogP contribution < -0.4 is 0 Å². The minimum Gasteiger partial charge on any atom is -0.303 e. The lowest BCUT2D eigenvalue weighted by molar-refractivity contribution is 0.112. The van der Waals surface area contributed by atoms with Gasteiger partial charge in [0.15, 0.2) is 0 Å². The van der Waals surface area contributed by atoms with E-state index >= 15 is 0 Å². The monoisotopic (exact) mass is 251 g/mol. The summed E-state index contributed by atoms with van der Waals surface area (Å²) in [5.41, 5.74) is 0. The second-order valence-electron chi connectivity index (χ2n) is 6.93. The van der Waals surface area contributed by atoms with Crippen molar-refractivity contribution in [2.45, 2.75) is 71.6 Å². The van der Waals surface area contributed by atoms with Gasteiger partial charge in [-0.25, -0.2) is 0 Å². The first-order valence-electron chi connectivity index (χ1n) is 8.52. The third kappa shape index (κ3) is 4.26. The lowest BCUT2D eigenvalue weighted by atomic mass is 9.79. The molecule has 1 heterocycles. The van der Waals surface area contributed by atoms with E-state index < -0.39 is 0 Å². The first-order valence-corrected chi connectivity index (χ1v) is 8.52. The maximum atomic E-state index is 2.80. The second-order valence-corrected chi connectivity index (χ2v) is 6.93. The summed E-state index contributed by atoms with van der Waals surface area (Å²) in [6.07, 6.45) is 13.2. The molecule has 0 bridgehead atoms. The fourth-order valence-corrected chi connectivity index (χ4v) is 4.04. The third-order valence-corrected chi connectivity index (χ3v) is 5.35. The number of hydrogen-bond acceptors (Lipinski definition) is 1. The summed E-state index contributed by atoms with van der Waals surface area (Å²) >= 11 is 0. The third-order valence-electron chi connectivity index (χ3n) is 5.35. The highest BCUT2D eigenvalue weighted by atomic mass is 15.1. The van der Waals surface area contributed by atoms with Gasteiger partial charge in [-0.05, 0) is 50.0 Å². The highest BCUT2D eigenvalue weighted by molar-refractivity contribution is 4.79. The van der Waals surface area contributed by atoms with Gasteiger partial charge in [-0.3, -0.25) is 0 Å². The van der Waals surface area contributed by atoms with Gasteiger partial charge in [0.05, 0.1) is 0 Å². The summed E-state index contributed by atoms with van der Waals surface area (Å²) in [5, 5.41) is 0. The zero-order chi connectivity index (χ0) is 12.8. The molecule has 1 nitrogen and oxygen atoms in total. The van der Waals surface area contributed by atoms with Crippen LogP contribution in [0.2, 0.25) is 0 Å². The number of nitrogens with zero attached hydrogens (tertiary/aromatic N) is 1. The first kappa shape index (κ1) is 14.4. The van der Waals surface area contributed by atoms with E-state index in [9.17, 15) is 0 Å². The lowest BCUT2D eigenvalue weighted by Crippen LogP contribution is -2.40. The summed E-state index contributed by atoms with van der Waals surface area (Å²) in [4.78, 5) is 2.80. The molecule has 1 saturated heterocycles. The SMILES string of the molecule is CCCCC1CCCN(CC2CCCCC2C)C1. The van der Waals surface area contributed by atoms with Crippen LogP contribution in [0.3, 0.4) is 0 Å². The molecule has 0 aromatic carbocycles. The van der Waals surface area contributed by atoms with Gasteiger partial charge in [0.2, 0.25) is 0 Å². The molecule has 0 amide bonds. The molecule has 3 atom stereocenters. The van der Waals surface area contributed by atoms with Gasteiger partial charge < -0.3 is 4.90 Å². The topological polar surface area (TPSA) is 3.24 Å². The Balaban J connectivity index is 1.74. The van der Waals surface area contributed by atoms with Crippen LogP contribution in [0.1, 0.15) is 71.6 Å². The van der Waals surface area contributed by atoms with Crippen molar-refractivity contribution in [1.29, 1.82) is 0 Å². The van der Waals surface area contributed by atoms with Crippen LogP contribution in [0.15, 0.2) is 0 Å². The van der Waals surface area contributed by atoms with Crippen molar-refractivity contribution in [2.75, 3.05) is 19.6 Å². The number of unbranched alkanes of at least 4 members (excludes halogenated alkanes) is 1. The largest absolute Gasteiger partial charge is 0.303 e. The summed E-state index contributed by atoms with van der Waals surface area (Å²) in [5.74, 6) is 3.00. The molecule has 1 saturated carbocycles. The van der Waals surface area contributed by atoms with Gasteiger partial charge in [-0.15, -0.1) is 0 Å². The molecule has 0 aromatic heterocycles. The molecule has 106 valence electrons. The van der Waals surface area contributed by atoms with Crippen molar-refractivity contribution in [2.24, 2.45) is 17.8 Å². The van der Waals surface area contributed by atoms with E-state index in [2.05, 4.69) is 18.7 Å². The van der Waals surface area contributed by atoms with Crippen LogP contribution in [-0.2, 0) is 0 Å². The standard InChI is InChI=1S/C17H33N/c1-3-4-9-16-10-7-12-18(13-16)14-17-11-6-5-8-15(17)2/h15-17H,3-14H2,1-2H3. The molecule has 3 unspecified atom stereocenters. The second kappa shape index (κ2) is 7.53. The molecule has 2 rings (SSSR count). The van der Waals surface area contributed by atoms with Crippen molar-refractivity contribution in [3.8, 4) is 0 Å². The molecular weight excluding hydrogens is 218 g/mol. The van der Waals surface area contributed by atoms with E-state index in [1.165, 1.54) is 77.4 Å². The maximum Gasteiger partial charge on any atom is 0.00123 e. The van der Waals surface area contributed by atoms with Gasteiger partial charge in [0, 0.05) is 13.1 Å². The minimum absolute atomic E-state index is 0.981. The molecule has 1 heteroatoms. The minimum atomic E-state index is 0.981. The Morgan fingerprint density at radius 3 is 2.67 bits per heavy atom. The predicted molar refractivity (Wildman–Crippen MR) is 79.8 cm³/mol. The van der Waals surface area contributed by atoms with E-state index in [0.717, 1.165) is 17.8 Å². The molecular formula is C17H33N. The highest BCUT2D eigenvalue weighted by Crippen LogP contribution is 2.31. The van der Waals surface area contributed by atoms with Gasteiger partial charge in [0.1, 0.15) is 0 Å². The summed E-state index contributed by atoms with van der Waals surface area (Å²) in [6.45, 7) is 9.01. The van der Waals surface area contributed by atoms with Crippen LogP contribution in [0, 0.1) is 17.8 Å². The molecule has 0 aromatic rings. The number of piperidine rings is 1. The summed E-state index contributed by atoms with van der Waals surface area (Å²) in [6, 6.07) is 0. The average molecular weight is 251 g/mol. The zero-order valence-corrected chi connectivity index (χ0v) is 12.7. The molecule has 0 radical (unpaired) electrons. The van der Waals surface area contributed by atoms with Crippen molar-refractivity contribution < 1.29 is 0 Å². The summed E-state index contributed by atoms with van der Waals surface area (Å²) < 4.78 is 0. The Morgan fingerprint density at radius 1 is 1.06 bits per heavy atom. The van der Waals surface area contributed by atoms with Gasteiger partial charge in [-0.2, -0.15) is 0 Å². The fourth-order valence-electron chi connectivity index (χ4n) is 4.04. The smallest absolute Gasteiger partial charge is 0.00123 e. The molecule has 18 heavy (non-hydrogen) atoms. The number of rotatable bonds is 5. The van der Waals surface area contributed by atoms with Crippen LogP contribution in [0.5, 0.6) is 0 Å². The Bertz CT molecular complexity index is 226. The molecule has 0 spiro atoms. The average Bonchev–Trinajstić information content (AvgIpc) is 2.40. The fraction of sp³-hybridized carbons (Fsp3) is 1.00. The van der Waals surface area contributed by atoms with Gasteiger partial charge in [-0.1, -0.05) is 46.0 Å². The van der Waals surface area contributed by atoms with Crippen LogP contribution in [0.25, 0.3) is 0 Å². The molecule has 2 aliphatic rings. The zero-order valence-electron chi connectivity index (χ0n) is 12.7. The van der Waals surface area contributed by atoms with Crippen molar-refractivity contribution in [3.63, 3.8) is 0 Å². The number of hydrogen-bond donors (Lipinski definition) is 0. The van der Waals surface area contributed by atoms with Crippen molar-refractivity contribution in [3.05, 3.63) is 0 Å². The highest BCUT2D eigenvalue weighted by Gasteiger charge is 2.26. The van der Waals surface area contributed by atoms with E-state index in [1.807, 2.05) is 0 Å². The van der Waals surface area contributed by atoms with E-state index in [1.54, 1.807) is 0 Å². The molecule has 1 aliphatic heterocycles. The lowest BCUT2D eigenvalue weighted by Gasteiger charge is -2.38. The Kier molecular flexibility index (Phi) is 6.01. The van der Waals surface area contributed by atoms with E-state index in [4.69, 9.17) is 0 Å². The Morgan fingerprint density at radius 2 is 1.89 bits per heavy atom. The van der Waals surface area contributed by atoms with E-state index in [0.29, 0.717) is 0 Å².